The number of aromatic nitrogens is 1. The molecule has 3 N–H and O–H groups in total. The Labute approximate surface area is 326 Å². The number of likely N-dealkylation sites (N-methyl/N-ethyl adjacent to an activating group) is 1. The van der Waals surface area contributed by atoms with Gasteiger partial charge < -0.3 is 35.2 Å². The molecule has 0 spiro atoms. The topological polar surface area (TPSA) is 142 Å². The van der Waals surface area contributed by atoms with E-state index in [2.05, 4.69) is 34.8 Å². The highest BCUT2D eigenvalue weighted by Gasteiger charge is 2.44. The lowest BCUT2D eigenvalue weighted by Gasteiger charge is -2.41. The first-order valence-electron chi connectivity index (χ1n) is 19.7. The predicted octanol–water partition coefficient (Wildman–Crippen LogP) is 4.75. The molecule has 9 atom stereocenters. The van der Waals surface area contributed by atoms with E-state index in [1.165, 1.54) is 11.3 Å². The van der Waals surface area contributed by atoms with Gasteiger partial charge >= 0.3 is 0 Å². The highest BCUT2D eigenvalue weighted by molar-refractivity contribution is 7.09. The van der Waals surface area contributed by atoms with Crippen molar-refractivity contribution in [2.75, 3.05) is 34.4 Å². The number of hydrogen-bond donors (Lipinski definition) is 3. The Hall–Kier alpha value is -3.39. The number of carbonyl (C=O) groups is 4. The number of carbonyl (C=O) groups excluding carboxylic acids is 4. The molecule has 54 heavy (non-hydrogen) atoms. The third-order valence-electron chi connectivity index (χ3n) is 11.7. The number of nitrogens with one attached hydrogen (secondary N) is 3. The van der Waals surface area contributed by atoms with E-state index in [0.29, 0.717) is 25.8 Å². The highest BCUT2D eigenvalue weighted by atomic mass is 32.1. The first-order valence-corrected chi connectivity index (χ1v) is 20.6. The van der Waals surface area contributed by atoms with E-state index in [1.807, 2.05) is 68.3 Å². The average Bonchev–Trinajstić information content (AvgIpc) is 3.97. The molecule has 3 heterocycles. The lowest BCUT2D eigenvalue weighted by atomic mass is 9.89. The van der Waals surface area contributed by atoms with Crippen molar-refractivity contribution < 1.29 is 28.7 Å². The van der Waals surface area contributed by atoms with Crippen molar-refractivity contribution in [1.29, 1.82) is 0 Å². The van der Waals surface area contributed by atoms with Gasteiger partial charge in [0.1, 0.15) is 11.0 Å². The Morgan fingerprint density at radius 2 is 1.80 bits per heavy atom. The Kier molecular flexibility index (Phi) is 16.0. The zero-order valence-electron chi connectivity index (χ0n) is 33.8. The second-order valence-electron chi connectivity index (χ2n) is 15.8. The van der Waals surface area contributed by atoms with Crippen LogP contribution in [0.1, 0.15) is 96.7 Å². The number of likely N-dealkylation sites (tertiary alicyclic amines) is 1. The fourth-order valence-electron chi connectivity index (χ4n) is 8.19. The second kappa shape index (κ2) is 20.0. The van der Waals surface area contributed by atoms with Gasteiger partial charge in [-0.3, -0.25) is 19.2 Å². The molecule has 1 aromatic heterocycles. The summed E-state index contributed by atoms with van der Waals surface area (Å²) in [5.74, 6) is -1.35. The zero-order valence-corrected chi connectivity index (χ0v) is 34.6. The monoisotopic (exact) mass is 768 g/mol. The Balaban J connectivity index is 1.47. The lowest BCUT2D eigenvalue weighted by Crippen LogP contribution is -2.61. The molecule has 0 saturated carbocycles. The van der Waals surface area contributed by atoms with Crippen LogP contribution in [0.15, 0.2) is 41.9 Å². The Bertz CT molecular complexity index is 1500. The molecule has 300 valence electrons. The van der Waals surface area contributed by atoms with Crippen LogP contribution in [0.2, 0.25) is 0 Å². The van der Waals surface area contributed by atoms with Gasteiger partial charge in [0.15, 0.2) is 0 Å². The molecular formula is C41H64N6O6S. The predicted molar refractivity (Wildman–Crippen MR) is 212 cm³/mol. The van der Waals surface area contributed by atoms with E-state index in [0.717, 1.165) is 36.4 Å². The average molecular weight is 769 g/mol. The summed E-state index contributed by atoms with van der Waals surface area (Å²) in [6.45, 7) is 13.0. The van der Waals surface area contributed by atoms with Crippen LogP contribution >= 0.6 is 11.3 Å². The fraction of sp³-hybridized carbons (Fsp3) is 0.683. The minimum absolute atomic E-state index is 0.000661. The summed E-state index contributed by atoms with van der Waals surface area (Å²) in [6.07, 6.45) is 5.14. The van der Waals surface area contributed by atoms with Gasteiger partial charge in [-0.1, -0.05) is 71.4 Å². The molecule has 2 saturated heterocycles. The van der Waals surface area contributed by atoms with Crippen LogP contribution in [0.25, 0.3) is 0 Å². The minimum Gasteiger partial charge on any atom is -0.379 e. The maximum atomic E-state index is 14.3. The number of ether oxygens (including phenoxy) is 2. The molecule has 2 aliphatic heterocycles. The van der Waals surface area contributed by atoms with Gasteiger partial charge in [0.05, 0.1) is 48.2 Å². The van der Waals surface area contributed by atoms with Gasteiger partial charge in [0.25, 0.3) is 0 Å². The van der Waals surface area contributed by atoms with Gasteiger partial charge in [0, 0.05) is 39.4 Å². The largest absolute Gasteiger partial charge is 0.379 e. The molecule has 4 amide bonds. The van der Waals surface area contributed by atoms with Crippen molar-refractivity contribution in [2.45, 2.75) is 128 Å². The third kappa shape index (κ3) is 10.5. The fourth-order valence-corrected chi connectivity index (χ4v) is 8.88. The quantitative estimate of drug-likeness (QED) is 0.186. The number of methoxy groups -OCH3 is 2. The number of amides is 4. The van der Waals surface area contributed by atoms with E-state index in [1.54, 1.807) is 32.4 Å². The summed E-state index contributed by atoms with van der Waals surface area (Å²) >= 11 is 1.51. The molecule has 0 bridgehead atoms. The molecule has 0 radical (unpaired) electrons. The minimum atomic E-state index is -0.734. The van der Waals surface area contributed by atoms with Crippen LogP contribution < -0.4 is 16.0 Å². The molecule has 2 aliphatic rings. The molecule has 1 aromatic carbocycles. The van der Waals surface area contributed by atoms with Crippen LogP contribution in [-0.2, 0) is 35.1 Å². The lowest BCUT2D eigenvalue weighted by molar-refractivity contribution is -0.148. The maximum Gasteiger partial charge on any atom is 0.245 e. The van der Waals surface area contributed by atoms with Crippen molar-refractivity contribution >= 4 is 35.0 Å². The van der Waals surface area contributed by atoms with Crippen LogP contribution in [0, 0.1) is 17.8 Å². The summed E-state index contributed by atoms with van der Waals surface area (Å²) in [5.41, 5.74) is 0.386. The SMILES string of the molecule is CCC(C)C(C(CC(=O)N1CCCC1C(OC)C(C)C(=O)NC(Cc1ccccc1)c1nccs1)OC)N(C)C(=O)[C@@H](NC(=O)C1(C)CCCN1)C(C)C. The molecule has 12 nitrogen and oxygen atoms in total. The van der Waals surface area contributed by atoms with Crippen molar-refractivity contribution in [3.8, 4) is 0 Å². The molecule has 4 rings (SSSR count). The van der Waals surface area contributed by atoms with Crippen LogP contribution in [0.5, 0.6) is 0 Å². The van der Waals surface area contributed by atoms with Crippen LogP contribution in [-0.4, -0.2) is 109 Å². The van der Waals surface area contributed by atoms with Gasteiger partial charge in [-0.05, 0) is 63.0 Å². The summed E-state index contributed by atoms with van der Waals surface area (Å²) in [7, 11) is 4.94. The number of thiazole rings is 1. The van der Waals surface area contributed by atoms with Gasteiger partial charge in [-0.15, -0.1) is 11.3 Å². The number of hydrogen-bond acceptors (Lipinski definition) is 9. The Morgan fingerprint density at radius 1 is 1.07 bits per heavy atom. The number of nitrogens with zero attached hydrogens (tertiary/aromatic N) is 3. The van der Waals surface area contributed by atoms with Crippen molar-refractivity contribution in [3.05, 3.63) is 52.5 Å². The molecule has 2 aromatic rings. The van der Waals surface area contributed by atoms with Gasteiger partial charge in [-0.2, -0.15) is 0 Å². The van der Waals surface area contributed by atoms with Crippen molar-refractivity contribution in [3.63, 3.8) is 0 Å². The van der Waals surface area contributed by atoms with Gasteiger partial charge in [-0.25, -0.2) is 4.98 Å². The van der Waals surface area contributed by atoms with Crippen LogP contribution in [0.3, 0.4) is 0 Å². The summed E-state index contributed by atoms with van der Waals surface area (Å²) in [6, 6.07) is 8.26. The summed E-state index contributed by atoms with van der Waals surface area (Å²) in [5, 5.41) is 12.3. The van der Waals surface area contributed by atoms with E-state index in [4.69, 9.17) is 9.47 Å². The highest BCUT2D eigenvalue weighted by Crippen LogP contribution is 2.31. The number of rotatable bonds is 19. The maximum absolute atomic E-state index is 14.3. The van der Waals surface area contributed by atoms with Crippen LogP contribution in [0.4, 0.5) is 0 Å². The first-order chi connectivity index (χ1) is 25.8. The van der Waals surface area contributed by atoms with E-state index in [9.17, 15) is 19.2 Å². The molecule has 0 aliphatic carbocycles. The summed E-state index contributed by atoms with van der Waals surface area (Å²) in [4.78, 5) is 63.8. The van der Waals surface area contributed by atoms with E-state index >= 15 is 0 Å². The van der Waals surface area contributed by atoms with Crippen molar-refractivity contribution in [2.24, 2.45) is 17.8 Å². The number of benzene rings is 1. The smallest absolute Gasteiger partial charge is 0.245 e. The molecule has 8 unspecified atom stereocenters. The third-order valence-corrected chi connectivity index (χ3v) is 12.6. The second-order valence-corrected chi connectivity index (χ2v) is 16.7. The molecule has 2 fully saturated rings. The molecular weight excluding hydrogens is 705 g/mol. The van der Waals surface area contributed by atoms with Crippen molar-refractivity contribution in [1.82, 2.24) is 30.7 Å². The first kappa shape index (κ1) is 43.3. The molecule has 13 heteroatoms. The normalized spacial score (nSPS) is 22.6. The standard InChI is InChI=1S/C41H64N6O6S/c1-10-27(4)35(46(7)39(50)34(26(2)3)45-40(51)41(6)19-15-20-43-41)32(52-8)25-33(48)47-22-14-18-31(47)36(53-9)28(5)37(49)44-30(38-42-21-23-54-38)24-29-16-12-11-13-17-29/h11-13,16-17,21,23,26-28,30-32,34-36,43H,10,14-15,18-20,22,24-25H2,1-9H3,(H,44,49)(H,45,51)/t27?,28?,30?,31?,32?,34-,35?,36?,41?/m0/s1. The van der Waals surface area contributed by atoms with E-state index in [-0.39, 0.29) is 54.0 Å². The van der Waals surface area contributed by atoms with Gasteiger partial charge in [0.2, 0.25) is 23.6 Å². The Morgan fingerprint density at radius 3 is 2.37 bits per heavy atom. The zero-order chi connectivity index (χ0) is 39.6. The summed E-state index contributed by atoms with van der Waals surface area (Å²) < 4.78 is 12.1. The van der Waals surface area contributed by atoms with E-state index < -0.39 is 35.7 Å².